The molecule has 1 saturated heterocycles. The number of carbonyl (C=O) groups excluding carboxylic acids is 2. The minimum atomic E-state index is -0.799. The van der Waals surface area contributed by atoms with E-state index in [1.54, 1.807) is 0 Å². The Kier molecular flexibility index (Phi) is 4.13. The number of nitrogens with two attached hydrogens (primary N) is 1. The summed E-state index contributed by atoms with van der Waals surface area (Å²) in [4.78, 5) is 22.4. The first kappa shape index (κ1) is 11.5. The van der Waals surface area contributed by atoms with Gasteiger partial charge in [0.2, 0.25) is 11.8 Å². The van der Waals surface area contributed by atoms with Crippen molar-refractivity contribution in [3.8, 4) is 12.3 Å². The van der Waals surface area contributed by atoms with Crippen LogP contribution in [0, 0.1) is 12.3 Å². The number of hydrogen-bond donors (Lipinski definition) is 2. The summed E-state index contributed by atoms with van der Waals surface area (Å²) >= 11 is 0. The minimum absolute atomic E-state index is 0.105. The maximum absolute atomic E-state index is 11.5. The Morgan fingerprint density at radius 2 is 2.40 bits per heavy atom. The molecule has 15 heavy (non-hydrogen) atoms. The standard InChI is InChI=1S/C10H14N2O3/c1-2-4-7(9(11)13)12-10(14)8-5-3-6-15-8/h1,7-8H,3-6H2,(H2,11,13)(H,12,14)/t7-,8+/m1/s1. The number of terminal acetylenes is 1. The third kappa shape index (κ3) is 3.26. The van der Waals surface area contributed by atoms with Crippen molar-refractivity contribution in [3.05, 3.63) is 0 Å². The summed E-state index contributed by atoms with van der Waals surface area (Å²) in [6, 6.07) is -0.799. The van der Waals surface area contributed by atoms with Crippen molar-refractivity contribution in [2.75, 3.05) is 6.61 Å². The number of rotatable bonds is 4. The van der Waals surface area contributed by atoms with Crippen molar-refractivity contribution < 1.29 is 14.3 Å². The average Bonchev–Trinajstić information content (AvgIpc) is 2.69. The summed E-state index contributed by atoms with van der Waals surface area (Å²) in [5, 5.41) is 2.48. The van der Waals surface area contributed by atoms with Crippen molar-refractivity contribution in [2.24, 2.45) is 5.73 Å². The molecule has 0 aromatic heterocycles. The lowest BCUT2D eigenvalue weighted by molar-refractivity contribution is -0.133. The molecule has 2 atom stereocenters. The van der Waals surface area contributed by atoms with Crippen molar-refractivity contribution >= 4 is 11.8 Å². The molecule has 0 saturated carbocycles. The van der Waals surface area contributed by atoms with E-state index in [0.717, 1.165) is 6.42 Å². The molecule has 3 N–H and O–H groups in total. The van der Waals surface area contributed by atoms with Crippen LogP contribution in [-0.2, 0) is 14.3 Å². The largest absolute Gasteiger partial charge is 0.368 e. The molecule has 0 bridgehead atoms. The molecule has 1 heterocycles. The zero-order valence-corrected chi connectivity index (χ0v) is 8.36. The lowest BCUT2D eigenvalue weighted by atomic mass is 10.1. The van der Waals surface area contributed by atoms with E-state index < -0.39 is 18.1 Å². The molecular weight excluding hydrogens is 196 g/mol. The molecule has 0 radical (unpaired) electrons. The molecule has 1 aliphatic heterocycles. The summed E-state index contributed by atoms with van der Waals surface area (Å²) < 4.78 is 5.16. The van der Waals surface area contributed by atoms with Crippen LogP contribution in [0.25, 0.3) is 0 Å². The second kappa shape index (κ2) is 5.37. The van der Waals surface area contributed by atoms with E-state index in [1.165, 1.54) is 0 Å². The van der Waals surface area contributed by atoms with Crippen LogP contribution in [0.4, 0.5) is 0 Å². The Hall–Kier alpha value is -1.54. The van der Waals surface area contributed by atoms with Crippen LogP contribution in [0.3, 0.4) is 0 Å². The molecule has 1 fully saturated rings. The first-order chi connectivity index (χ1) is 7.15. The van der Waals surface area contributed by atoms with E-state index in [-0.39, 0.29) is 12.3 Å². The average molecular weight is 210 g/mol. The summed E-state index contributed by atoms with van der Waals surface area (Å²) in [7, 11) is 0. The van der Waals surface area contributed by atoms with E-state index in [4.69, 9.17) is 16.9 Å². The van der Waals surface area contributed by atoms with Crippen LogP contribution < -0.4 is 11.1 Å². The van der Waals surface area contributed by atoms with Crippen LogP contribution >= 0.6 is 0 Å². The molecule has 0 aromatic rings. The number of primary amides is 1. The first-order valence-electron chi connectivity index (χ1n) is 4.80. The highest BCUT2D eigenvalue weighted by atomic mass is 16.5. The fourth-order valence-electron chi connectivity index (χ4n) is 1.39. The lowest BCUT2D eigenvalue weighted by Gasteiger charge is -2.15. The summed E-state index contributed by atoms with van der Waals surface area (Å²) in [6.45, 7) is 0.578. The van der Waals surface area contributed by atoms with Gasteiger partial charge in [-0.1, -0.05) is 0 Å². The second-order valence-corrected chi connectivity index (χ2v) is 3.37. The van der Waals surface area contributed by atoms with Gasteiger partial charge in [0.15, 0.2) is 0 Å². The SMILES string of the molecule is C#CC[C@@H](NC(=O)[C@@H]1CCCO1)C(N)=O. The zero-order chi connectivity index (χ0) is 11.3. The highest BCUT2D eigenvalue weighted by Gasteiger charge is 2.26. The second-order valence-electron chi connectivity index (χ2n) is 3.37. The molecule has 0 spiro atoms. The predicted octanol–water partition coefficient (Wildman–Crippen LogP) is -0.841. The van der Waals surface area contributed by atoms with Crippen LogP contribution in [-0.4, -0.2) is 30.6 Å². The quantitative estimate of drug-likeness (QED) is 0.593. The molecule has 2 amide bonds. The number of ether oxygens (including phenoxy) is 1. The van der Waals surface area contributed by atoms with Gasteiger partial charge in [0.25, 0.3) is 0 Å². The first-order valence-corrected chi connectivity index (χ1v) is 4.80. The summed E-state index contributed by atoms with van der Waals surface area (Å²) in [5.41, 5.74) is 5.08. The minimum Gasteiger partial charge on any atom is -0.368 e. The van der Waals surface area contributed by atoms with Crippen molar-refractivity contribution in [3.63, 3.8) is 0 Å². The number of hydrogen-bond acceptors (Lipinski definition) is 3. The number of carbonyl (C=O) groups is 2. The van der Waals surface area contributed by atoms with Crippen molar-refractivity contribution in [1.82, 2.24) is 5.32 Å². The van der Waals surface area contributed by atoms with Gasteiger partial charge in [0.1, 0.15) is 12.1 Å². The van der Waals surface area contributed by atoms with Crippen LogP contribution in [0.2, 0.25) is 0 Å². The molecule has 0 aromatic carbocycles. The highest BCUT2D eigenvalue weighted by molar-refractivity contribution is 5.88. The fraction of sp³-hybridized carbons (Fsp3) is 0.600. The fourth-order valence-corrected chi connectivity index (χ4v) is 1.39. The predicted molar refractivity (Wildman–Crippen MR) is 53.5 cm³/mol. The van der Waals surface area contributed by atoms with Gasteiger partial charge in [-0.2, -0.15) is 0 Å². The highest BCUT2D eigenvalue weighted by Crippen LogP contribution is 2.12. The number of nitrogens with one attached hydrogen (secondary N) is 1. The maximum Gasteiger partial charge on any atom is 0.249 e. The van der Waals surface area contributed by atoms with Gasteiger partial charge in [-0.15, -0.1) is 12.3 Å². The molecule has 5 nitrogen and oxygen atoms in total. The normalized spacial score (nSPS) is 21.7. The Bertz CT molecular complexity index is 290. The molecule has 1 aliphatic rings. The molecule has 1 rings (SSSR count). The van der Waals surface area contributed by atoms with Gasteiger partial charge in [-0.25, -0.2) is 0 Å². The van der Waals surface area contributed by atoms with Crippen LogP contribution in [0.5, 0.6) is 0 Å². The van der Waals surface area contributed by atoms with Crippen molar-refractivity contribution in [1.29, 1.82) is 0 Å². The van der Waals surface area contributed by atoms with Gasteiger partial charge in [0.05, 0.1) is 0 Å². The summed E-state index contributed by atoms with van der Waals surface area (Å²) in [6.07, 6.45) is 6.22. The Morgan fingerprint density at radius 1 is 1.67 bits per heavy atom. The monoisotopic (exact) mass is 210 g/mol. The third-order valence-corrected chi connectivity index (χ3v) is 2.20. The van der Waals surface area contributed by atoms with Crippen molar-refractivity contribution in [2.45, 2.75) is 31.4 Å². The number of amides is 2. The Morgan fingerprint density at radius 3 is 2.87 bits per heavy atom. The van der Waals surface area contributed by atoms with E-state index in [0.29, 0.717) is 13.0 Å². The Labute approximate surface area is 88.3 Å². The molecule has 5 heteroatoms. The third-order valence-electron chi connectivity index (χ3n) is 2.20. The summed E-state index contributed by atoms with van der Waals surface area (Å²) in [5.74, 6) is 1.35. The van der Waals surface area contributed by atoms with Gasteiger partial charge in [0, 0.05) is 13.0 Å². The maximum atomic E-state index is 11.5. The van der Waals surface area contributed by atoms with Crippen LogP contribution in [0.1, 0.15) is 19.3 Å². The van der Waals surface area contributed by atoms with E-state index in [9.17, 15) is 9.59 Å². The van der Waals surface area contributed by atoms with E-state index >= 15 is 0 Å². The van der Waals surface area contributed by atoms with Gasteiger partial charge < -0.3 is 15.8 Å². The lowest BCUT2D eigenvalue weighted by Crippen LogP contribution is -2.47. The van der Waals surface area contributed by atoms with E-state index in [1.807, 2.05) is 0 Å². The van der Waals surface area contributed by atoms with Gasteiger partial charge in [-0.3, -0.25) is 9.59 Å². The molecular formula is C10H14N2O3. The zero-order valence-electron chi connectivity index (χ0n) is 8.36. The smallest absolute Gasteiger partial charge is 0.249 e. The topological polar surface area (TPSA) is 81.4 Å². The molecule has 82 valence electrons. The van der Waals surface area contributed by atoms with Crippen LogP contribution in [0.15, 0.2) is 0 Å². The van der Waals surface area contributed by atoms with Gasteiger partial charge in [-0.05, 0) is 12.8 Å². The Balaban J connectivity index is 2.46. The van der Waals surface area contributed by atoms with Gasteiger partial charge >= 0.3 is 0 Å². The van der Waals surface area contributed by atoms with E-state index in [2.05, 4.69) is 11.2 Å². The molecule has 0 unspecified atom stereocenters. The molecule has 0 aliphatic carbocycles.